The third kappa shape index (κ3) is 4.18. The van der Waals surface area contributed by atoms with Crippen molar-refractivity contribution in [3.63, 3.8) is 0 Å². The highest BCUT2D eigenvalue weighted by atomic mass is 16.3. The van der Waals surface area contributed by atoms with Crippen molar-refractivity contribution >= 4 is 5.91 Å². The normalized spacial score (nSPS) is 21.3. The number of nitrogens with one attached hydrogen (secondary N) is 2. The smallest absolute Gasteiger partial charge is 0.221 e. The number of carbonyl (C=O) groups is 1. The molecule has 1 aliphatic rings. The highest BCUT2D eigenvalue weighted by Crippen LogP contribution is 2.28. The van der Waals surface area contributed by atoms with Crippen LogP contribution in [0.25, 0.3) is 0 Å². The van der Waals surface area contributed by atoms with E-state index in [-0.39, 0.29) is 11.9 Å². The molecule has 1 aliphatic carbocycles. The number of carbonyl (C=O) groups excluding carboxylic acids is 1. The van der Waals surface area contributed by atoms with Gasteiger partial charge in [0.1, 0.15) is 0 Å². The molecule has 0 aromatic heterocycles. The molecule has 1 atom stereocenters. The van der Waals surface area contributed by atoms with Crippen LogP contribution in [0.4, 0.5) is 0 Å². The average molecular weight is 214 g/mol. The van der Waals surface area contributed by atoms with E-state index in [1.165, 1.54) is 0 Å². The highest BCUT2D eigenvalue weighted by molar-refractivity contribution is 5.76. The van der Waals surface area contributed by atoms with E-state index in [1.807, 2.05) is 6.92 Å². The minimum atomic E-state index is -0.531. The molecule has 1 rings (SSSR count). The summed E-state index contributed by atoms with van der Waals surface area (Å²) in [5.74, 6) is 0.0356. The number of aliphatic hydroxyl groups is 1. The van der Waals surface area contributed by atoms with Gasteiger partial charge in [0.2, 0.25) is 5.91 Å². The molecular weight excluding hydrogens is 192 g/mol. The molecule has 3 N–H and O–H groups in total. The summed E-state index contributed by atoms with van der Waals surface area (Å²) in [4.78, 5) is 11.1. The summed E-state index contributed by atoms with van der Waals surface area (Å²) >= 11 is 0. The lowest BCUT2D eigenvalue weighted by Gasteiger charge is -2.24. The average Bonchev–Trinajstić information content (AvgIpc) is 2.63. The predicted octanol–water partition coefficient (Wildman–Crippen LogP) is 0.406. The monoisotopic (exact) mass is 214 g/mol. The zero-order chi connectivity index (χ0) is 11.3. The Labute approximate surface area is 91.4 Å². The second-order valence-electron chi connectivity index (χ2n) is 4.59. The fourth-order valence-corrected chi connectivity index (χ4v) is 2.03. The predicted molar refractivity (Wildman–Crippen MR) is 59.6 cm³/mol. The molecule has 0 bridgehead atoms. The molecular formula is C11H22N2O2. The number of hydrogen-bond donors (Lipinski definition) is 3. The van der Waals surface area contributed by atoms with Crippen molar-refractivity contribution in [1.82, 2.24) is 10.6 Å². The fourth-order valence-electron chi connectivity index (χ4n) is 2.03. The van der Waals surface area contributed by atoms with Gasteiger partial charge in [-0.2, -0.15) is 0 Å². The van der Waals surface area contributed by atoms with Gasteiger partial charge in [0, 0.05) is 26.1 Å². The molecule has 1 unspecified atom stereocenters. The van der Waals surface area contributed by atoms with Crippen molar-refractivity contribution in [2.45, 2.75) is 50.7 Å². The van der Waals surface area contributed by atoms with Crippen LogP contribution in [0.15, 0.2) is 0 Å². The lowest BCUT2D eigenvalue weighted by atomic mass is 10.0. The number of hydrogen-bond acceptors (Lipinski definition) is 3. The second kappa shape index (κ2) is 5.47. The van der Waals surface area contributed by atoms with Crippen molar-refractivity contribution in [3.05, 3.63) is 0 Å². The summed E-state index contributed by atoms with van der Waals surface area (Å²) in [6.07, 6.45) is 4.45. The van der Waals surface area contributed by atoms with Gasteiger partial charge in [0.15, 0.2) is 0 Å². The minimum Gasteiger partial charge on any atom is -0.389 e. The maximum atomic E-state index is 11.1. The summed E-state index contributed by atoms with van der Waals surface area (Å²) < 4.78 is 0. The van der Waals surface area contributed by atoms with E-state index < -0.39 is 5.60 Å². The quantitative estimate of drug-likeness (QED) is 0.621. The highest BCUT2D eigenvalue weighted by Gasteiger charge is 2.30. The molecule has 1 fully saturated rings. The molecule has 0 aromatic carbocycles. The minimum absolute atomic E-state index is 0.0356. The molecule has 0 heterocycles. The Bertz CT molecular complexity index is 213. The van der Waals surface area contributed by atoms with Crippen molar-refractivity contribution in [3.8, 4) is 0 Å². The maximum absolute atomic E-state index is 11.1. The van der Waals surface area contributed by atoms with Gasteiger partial charge < -0.3 is 15.7 Å². The third-order valence-electron chi connectivity index (χ3n) is 3.08. The van der Waals surface area contributed by atoms with E-state index in [2.05, 4.69) is 10.6 Å². The molecule has 15 heavy (non-hydrogen) atoms. The van der Waals surface area contributed by atoms with E-state index >= 15 is 0 Å². The molecule has 1 amide bonds. The summed E-state index contributed by atoms with van der Waals surface area (Å²) in [5, 5.41) is 15.9. The molecule has 0 aromatic rings. The zero-order valence-electron chi connectivity index (χ0n) is 9.68. The molecule has 4 nitrogen and oxygen atoms in total. The molecule has 0 radical (unpaired) electrons. The van der Waals surface area contributed by atoms with Crippen LogP contribution in [0.3, 0.4) is 0 Å². The van der Waals surface area contributed by atoms with E-state index in [9.17, 15) is 9.90 Å². The van der Waals surface area contributed by atoms with Crippen molar-refractivity contribution < 1.29 is 9.90 Å². The van der Waals surface area contributed by atoms with E-state index in [4.69, 9.17) is 0 Å². The summed E-state index contributed by atoms with van der Waals surface area (Å²) in [7, 11) is 1.64. The van der Waals surface area contributed by atoms with E-state index in [0.717, 1.165) is 25.7 Å². The maximum Gasteiger partial charge on any atom is 0.221 e. The van der Waals surface area contributed by atoms with Crippen molar-refractivity contribution in [2.24, 2.45) is 0 Å². The Kier molecular flexibility index (Phi) is 4.54. The number of rotatable bonds is 5. The lowest BCUT2D eigenvalue weighted by molar-refractivity contribution is -0.121. The van der Waals surface area contributed by atoms with Crippen LogP contribution in [0.2, 0.25) is 0 Å². The van der Waals surface area contributed by atoms with Crippen LogP contribution >= 0.6 is 0 Å². The van der Waals surface area contributed by atoms with Gasteiger partial charge in [-0.1, -0.05) is 12.8 Å². The van der Waals surface area contributed by atoms with E-state index in [0.29, 0.717) is 13.0 Å². The standard InChI is InChI=1S/C11H22N2O2/c1-9(7-10(14)12-2)13-8-11(15)5-3-4-6-11/h9,13,15H,3-8H2,1-2H3,(H,12,14). The second-order valence-corrected chi connectivity index (χ2v) is 4.59. The largest absolute Gasteiger partial charge is 0.389 e. The summed E-state index contributed by atoms with van der Waals surface area (Å²) in [6, 6.07) is 0.120. The first-order valence-corrected chi connectivity index (χ1v) is 5.72. The first-order valence-electron chi connectivity index (χ1n) is 5.72. The molecule has 0 spiro atoms. The summed E-state index contributed by atoms with van der Waals surface area (Å²) in [6.45, 7) is 2.57. The van der Waals surface area contributed by atoms with Gasteiger partial charge in [-0.25, -0.2) is 0 Å². The van der Waals surface area contributed by atoms with Gasteiger partial charge in [0.05, 0.1) is 5.60 Å². The SMILES string of the molecule is CNC(=O)CC(C)NCC1(O)CCCC1. The van der Waals surface area contributed by atoms with Gasteiger partial charge in [-0.3, -0.25) is 4.79 Å². The first kappa shape index (κ1) is 12.5. The Morgan fingerprint density at radius 2 is 2.07 bits per heavy atom. The van der Waals surface area contributed by atoms with Crippen LogP contribution in [0, 0.1) is 0 Å². The topological polar surface area (TPSA) is 61.4 Å². The Morgan fingerprint density at radius 1 is 1.47 bits per heavy atom. The van der Waals surface area contributed by atoms with Crippen molar-refractivity contribution in [2.75, 3.05) is 13.6 Å². The van der Waals surface area contributed by atoms with Crippen molar-refractivity contribution in [1.29, 1.82) is 0 Å². The van der Waals surface area contributed by atoms with Crippen LogP contribution in [-0.4, -0.2) is 36.2 Å². The van der Waals surface area contributed by atoms with Crippen LogP contribution in [-0.2, 0) is 4.79 Å². The number of amides is 1. The zero-order valence-corrected chi connectivity index (χ0v) is 9.68. The van der Waals surface area contributed by atoms with Crippen LogP contribution < -0.4 is 10.6 Å². The van der Waals surface area contributed by atoms with Crippen LogP contribution in [0.5, 0.6) is 0 Å². The third-order valence-corrected chi connectivity index (χ3v) is 3.08. The molecule has 0 saturated heterocycles. The lowest BCUT2D eigenvalue weighted by Crippen LogP contribution is -2.43. The Morgan fingerprint density at radius 3 is 2.60 bits per heavy atom. The van der Waals surface area contributed by atoms with Gasteiger partial charge in [-0.05, 0) is 19.8 Å². The first-order chi connectivity index (χ1) is 7.06. The molecule has 1 saturated carbocycles. The Hall–Kier alpha value is -0.610. The fraction of sp³-hybridized carbons (Fsp3) is 0.909. The van der Waals surface area contributed by atoms with E-state index in [1.54, 1.807) is 7.05 Å². The van der Waals surface area contributed by atoms with Gasteiger partial charge in [-0.15, -0.1) is 0 Å². The molecule has 4 heteroatoms. The Balaban J connectivity index is 2.21. The molecule has 0 aliphatic heterocycles. The van der Waals surface area contributed by atoms with Gasteiger partial charge in [0.25, 0.3) is 0 Å². The summed E-state index contributed by atoms with van der Waals surface area (Å²) in [5.41, 5.74) is -0.531. The van der Waals surface area contributed by atoms with Crippen LogP contribution in [0.1, 0.15) is 39.0 Å². The molecule has 88 valence electrons. The van der Waals surface area contributed by atoms with Gasteiger partial charge >= 0.3 is 0 Å².